The molecule has 0 radical (unpaired) electrons. The van der Waals surface area contributed by atoms with Crippen molar-refractivity contribution in [2.24, 2.45) is 5.92 Å². The summed E-state index contributed by atoms with van der Waals surface area (Å²) in [5.41, 5.74) is 0.750. The molecular formula is C13H17ClN4O. The molecule has 1 aliphatic carbocycles. The van der Waals surface area contributed by atoms with E-state index in [0.717, 1.165) is 24.5 Å². The zero-order valence-electron chi connectivity index (χ0n) is 11.1. The summed E-state index contributed by atoms with van der Waals surface area (Å²) < 4.78 is 0. The van der Waals surface area contributed by atoms with Gasteiger partial charge in [0.15, 0.2) is 5.82 Å². The van der Waals surface area contributed by atoms with Gasteiger partial charge < -0.3 is 9.80 Å². The van der Waals surface area contributed by atoms with Crippen molar-refractivity contribution in [2.75, 3.05) is 23.4 Å². The van der Waals surface area contributed by atoms with Gasteiger partial charge >= 0.3 is 0 Å². The standard InChI is InChI=1S/C13H17ClN4O/c1-3-9-12(19)17(2)10-6-15-13(14)16-11(10)18(9)7-8-4-5-8/h6,8-9H,3-5,7H2,1-2H3. The van der Waals surface area contributed by atoms with Crippen LogP contribution in [0, 0.1) is 5.92 Å². The fourth-order valence-electron chi connectivity index (χ4n) is 2.60. The maximum Gasteiger partial charge on any atom is 0.249 e. The Morgan fingerprint density at radius 2 is 2.21 bits per heavy atom. The Hall–Kier alpha value is -1.36. The van der Waals surface area contributed by atoms with Crippen LogP contribution in [0.25, 0.3) is 0 Å². The molecule has 6 heteroatoms. The van der Waals surface area contributed by atoms with Gasteiger partial charge in [-0.25, -0.2) is 4.98 Å². The Morgan fingerprint density at radius 3 is 2.84 bits per heavy atom. The molecule has 5 nitrogen and oxygen atoms in total. The van der Waals surface area contributed by atoms with E-state index in [1.165, 1.54) is 12.8 Å². The minimum Gasteiger partial charge on any atom is -0.342 e. The molecule has 2 heterocycles. The van der Waals surface area contributed by atoms with Crippen LogP contribution in [-0.4, -0.2) is 35.5 Å². The summed E-state index contributed by atoms with van der Waals surface area (Å²) in [6, 6.07) is -0.135. The zero-order valence-corrected chi connectivity index (χ0v) is 11.9. The molecule has 0 bridgehead atoms. The maximum absolute atomic E-state index is 12.4. The lowest BCUT2D eigenvalue weighted by Gasteiger charge is -2.40. The Kier molecular flexibility index (Phi) is 3.09. The van der Waals surface area contributed by atoms with E-state index in [-0.39, 0.29) is 17.2 Å². The van der Waals surface area contributed by atoms with Crippen LogP contribution < -0.4 is 9.80 Å². The number of likely N-dealkylation sites (N-methyl/N-ethyl adjacent to an activating group) is 1. The summed E-state index contributed by atoms with van der Waals surface area (Å²) >= 11 is 5.92. The number of amides is 1. The highest BCUT2D eigenvalue weighted by molar-refractivity contribution is 6.28. The molecule has 0 spiro atoms. The van der Waals surface area contributed by atoms with Gasteiger partial charge in [-0.2, -0.15) is 4.98 Å². The lowest BCUT2D eigenvalue weighted by atomic mass is 10.1. The molecule has 1 fully saturated rings. The SMILES string of the molecule is CCC1C(=O)N(C)c2cnc(Cl)nc2N1CC1CC1. The number of rotatable bonds is 3. The van der Waals surface area contributed by atoms with Crippen molar-refractivity contribution in [2.45, 2.75) is 32.2 Å². The zero-order chi connectivity index (χ0) is 13.6. The van der Waals surface area contributed by atoms with Crippen molar-refractivity contribution >= 4 is 29.0 Å². The van der Waals surface area contributed by atoms with E-state index in [9.17, 15) is 4.79 Å². The molecule has 1 amide bonds. The molecule has 3 rings (SSSR count). The Labute approximate surface area is 117 Å². The monoisotopic (exact) mass is 280 g/mol. The van der Waals surface area contributed by atoms with Crippen molar-refractivity contribution in [3.63, 3.8) is 0 Å². The predicted octanol–water partition coefficient (Wildman–Crippen LogP) is 2.10. The molecule has 102 valence electrons. The Balaban J connectivity index is 2.05. The first-order chi connectivity index (χ1) is 9.11. The number of carbonyl (C=O) groups excluding carboxylic acids is 1. The van der Waals surface area contributed by atoms with Crippen molar-refractivity contribution in [1.29, 1.82) is 0 Å². The van der Waals surface area contributed by atoms with Gasteiger partial charge in [-0.1, -0.05) is 6.92 Å². The fourth-order valence-corrected chi connectivity index (χ4v) is 2.73. The van der Waals surface area contributed by atoms with Gasteiger partial charge in [0.2, 0.25) is 11.2 Å². The molecule has 0 aromatic carbocycles. The Bertz CT molecular complexity index is 517. The Morgan fingerprint density at radius 1 is 1.47 bits per heavy atom. The highest BCUT2D eigenvalue weighted by atomic mass is 35.5. The predicted molar refractivity (Wildman–Crippen MR) is 74.6 cm³/mol. The number of carbonyl (C=O) groups is 1. The molecule has 0 saturated heterocycles. The van der Waals surface area contributed by atoms with Gasteiger partial charge in [0.05, 0.1) is 6.20 Å². The number of hydrogen-bond donors (Lipinski definition) is 0. The number of anilines is 2. The van der Waals surface area contributed by atoms with Crippen LogP contribution in [0.5, 0.6) is 0 Å². The van der Waals surface area contributed by atoms with Gasteiger partial charge in [-0.3, -0.25) is 4.79 Å². The normalized spacial score (nSPS) is 22.7. The summed E-state index contributed by atoms with van der Waals surface area (Å²) in [5.74, 6) is 1.59. The van der Waals surface area contributed by atoms with Gasteiger partial charge in [0, 0.05) is 13.6 Å². The first kappa shape index (κ1) is 12.7. The van der Waals surface area contributed by atoms with Crippen LogP contribution in [0.1, 0.15) is 26.2 Å². The molecule has 1 aromatic rings. The summed E-state index contributed by atoms with van der Waals surface area (Å²) in [7, 11) is 1.77. The largest absolute Gasteiger partial charge is 0.342 e. The number of nitrogens with zero attached hydrogens (tertiary/aromatic N) is 4. The van der Waals surface area contributed by atoms with E-state index >= 15 is 0 Å². The van der Waals surface area contributed by atoms with Crippen LogP contribution in [-0.2, 0) is 4.79 Å². The topological polar surface area (TPSA) is 49.3 Å². The summed E-state index contributed by atoms with van der Waals surface area (Å²) in [5, 5.41) is 0.233. The van der Waals surface area contributed by atoms with Crippen LogP contribution in [0.15, 0.2) is 6.20 Å². The minimum absolute atomic E-state index is 0.113. The highest BCUT2D eigenvalue weighted by Crippen LogP contribution is 2.38. The van der Waals surface area contributed by atoms with Gasteiger partial charge in [-0.05, 0) is 36.8 Å². The summed E-state index contributed by atoms with van der Waals surface area (Å²) in [4.78, 5) is 24.5. The lowest BCUT2D eigenvalue weighted by Crippen LogP contribution is -2.53. The number of fused-ring (bicyclic) bond motifs is 1. The third-order valence-corrected chi connectivity index (χ3v) is 4.07. The molecule has 0 N–H and O–H groups in total. The third-order valence-electron chi connectivity index (χ3n) is 3.88. The summed E-state index contributed by atoms with van der Waals surface area (Å²) in [6.07, 6.45) is 4.89. The van der Waals surface area contributed by atoms with Crippen LogP contribution in [0.3, 0.4) is 0 Å². The second-order valence-electron chi connectivity index (χ2n) is 5.26. The second kappa shape index (κ2) is 4.63. The van der Waals surface area contributed by atoms with Crippen molar-refractivity contribution in [1.82, 2.24) is 9.97 Å². The number of aromatic nitrogens is 2. The molecule has 1 unspecified atom stereocenters. The van der Waals surface area contributed by atoms with Crippen molar-refractivity contribution < 1.29 is 4.79 Å². The smallest absolute Gasteiger partial charge is 0.249 e. The van der Waals surface area contributed by atoms with Gasteiger partial charge in [0.25, 0.3) is 0 Å². The summed E-state index contributed by atoms with van der Waals surface area (Å²) in [6.45, 7) is 2.92. The van der Waals surface area contributed by atoms with E-state index in [2.05, 4.69) is 14.9 Å². The molecule has 19 heavy (non-hydrogen) atoms. The van der Waals surface area contributed by atoms with Crippen LogP contribution >= 0.6 is 11.6 Å². The average molecular weight is 281 g/mol. The van der Waals surface area contributed by atoms with Crippen molar-refractivity contribution in [3.05, 3.63) is 11.5 Å². The van der Waals surface area contributed by atoms with Crippen LogP contribution in [0.4, 0.5) is 11.5 Å². The number of hydrogen-bond acceptors (Lipinski definition) is 4. The highest BCUT2D eigenvalue weighted by Gasteiger charge is 2.39. The maximum atomic E-state index is 12.4. The second-order valence-corrected chi connectivity index (χ2v) is 5.60. The quantitative estimate of drug-likeness (QED) is 0.796. The molecule has 1 atom stereocenters. The van der Waals surface area contributed by atoms with Crippen molar-refractivity contribution in [3.8, 4) is 0 Å². The fraction of sp³-hybridized carbons (Fsp3) is 0.615. The molecule has 1 saturated carbocycles. The van der Waals surface area contributed by atoms with Gasteiger partial charge in [0.1, 0.15) is 11.7 Å². The first-order valence-corrected chi connectivity index (χ1v) is 7.06. The molecule has 2 aliphatic rings. The third kappa shape index (κ3) is 2.16. The van der Waals surface area contributed by atoms with E-state index in [1.54, 1.807) is 18.1 Å². The van der Waals surface area contributed by atoms with Gasteiger partial charge in [-0.15, -0.1) is 0 Å². The lowest BCUT2D eigenvalue weighted by molar-refractivity contribution is -0.120. The van der Waals surface area contributed by atoms with E-state index in [4.69, 9.17) is 11.6 Å². The van der Waals surface area contributed by atoms with E-state index in [0.29, 0.717) is 5.92 Å². The molecule has 1 aliphatic heterocycles. The minimum atomic E-state index is -0.135. The number of halogens is 1. The van der Waals surface area contributed by atoms with E-state index < -0.39 is 0 Å². The molecule has 1 aromatic heterocycles. The van der Waals surface area contributed by atoms with E-state index in [1.807, 2.05) is 6.92 Å². The van der Waals surface area contributed by atoms with Crippen LogP contribution in [0.2, 0.25) is 5.28 Å². The molecular weight excluding hydrogens is 264 g/mol. The average Bonchev–Trinajstić information content (AvgIpc) is 3.20. The first-order valence-electron chi connectivity index (χ1n) is 6.68.